The highest BCUT2D eigenvalue weighted by Gasteiger charge is 2.02. The maximum Gasteiger partial charge on any atom is 0.226 e. The molecule has 0 unspecified atom stereocenters. The number of hydrogen-bond acceptors (Lipinski definition) is 3. The lowest BCUT2D eigenvalue weighted by Gasteiger charge is -1.98. The van der Waals surface area contributed by atoms with Crippen LogP contribution < -0.4 is 0 Å². The molecule has 1 heterocycles. The van der Waals surface area contributed by atoms with E-state index in [1.54, 1.807) is 0 Å². The fourth-order valence-corrected chi connectivity index (χ4v) is 1.45. The Morgan fingerprint density at radius 2 is 1.80 bits per heavy atom. The second kappa shape index (κ2) is 4.26. The minimum Gasteiger partial charge on any atom is -0.339 e. The van der Waals surface area contributed by atoms with Crippen LogP contribution in [0.25, 0.3) is 0 Å². The molecule has 0 aliphatic rings. The van der Waals surface area contributed by atoms with Crippen LogP contribution in [0.4, 0.5) is 0 Å². The molecular formula is C12H14N2O. The smallest absolute Gasteiger partial charge is 0.226 e. The maximum absolute atomic E-state index is 5.05. The summed E-state index contributed by atoms with van der Waals surface area (Å²) in [6, 6.07) is 8.51. The van der Waals surface area contributed by atoms with Gasteiger partial charge >= 0.3 is 0 Å². The summed E-state index contributed by atoms with van der Waals surface area (Å²) in [5.41, 5.74) is 2.59. The van der Waals surface area contributed by atoms with Gasteiger partial charge in [-0.25, -0.2) is 0 Å². The lowest BCUT2D eigenvalue weighted by atomic mass is 10.1. The molecule has 2 rings (SSSR count). The van der Waals surface area contributed by atoms with Crippen LogP contribution in [0.2, 0.25) is 0 Å². The Morgan fingerprint density at radius 1 is 1.07 bits per heavy atom. The predicted molar refractivity (Wildman–Crippen MR) is 57.6 cm³/mol. The van der Waals surface area contributed by atoms with Crippen molar-refractivity contribution in [3.8, 4) is 0 Å². The third-order valence-electron chi connectivity index (χ3n) is 2.32. The lowest BCUT2D eigenvalue weighted by molar-refractivity contribution is 0.374. The van der Waals surface area contributed by atoms with E-state index in [0.29, 0.717) is 11.7 Å². The second-order valence-corrected chi connectivity index (χ2v) is 3.72. The van der Waals surface area contributed by atoms with Crippen molar-refractivity contribution < 1.29 is 4.52 Å². The van der Waals surface area contributed by atoms with Crippen LogP contribution in [0, 0.1) is 13.8 Å². The van der Waals surface area contributed by atoms with E-state index in [-0.39, 0.29) is 0 Å². The first kappa shape index (κ1) is 9.90. The average Bonchev–Trinajstić information content (AvgIpc) is 2.64. The molecule has 0 N–H and O–H groups in total. The van der Waals surface area contributed by atoms with E-state index in [2.05, 4.69) is 41.3 Å². The van der Waals surface area contributed by atoms with Crippen molar-refractivity contribution in [2.75, 3.05) is 0 Å². The molecule has 0 atom stereocenters. The Hall–Kier alpha value is -1.64. The quantitative estimate of drug-likeness (QED) is 0.767. The van der Waals surface area contributed by atoms with Crippen molar-refractivity contribution in [1.29, 1.82) is 0 Å². The summed E-state index contributed by atoms with van der Waals surface area (Å²) >= 11 is 0. The molecule has 1 aromatic carbocycles. The molecule has 0 saturated carbocycles. The van der Waals surface area contributed by atoms with E-state index in [9.17, 15) is 0 Å². The molecule has 0 bridgehead atoms. The number of nitrogens with zero attached hydrogens (tertiary/aromatic N) is 2. The van der Waals surface area contributed by atoms with Gasteiger partial charge in [0.05, 0.1) is 0 Å². The summed E-state index contributed by atoms with van der Waals surface area (Å²) in [4.78, 5) is 4.17. The van der Waals surface area contributed by atoms with Gasteiger partial charge in [-0.05, 0) is 25.8 Å². The summed E-state index contributed by atoms with van der Waals surface area (Å²) in [5.74, 6) is 1.42. The Labute approximate surface area is 89.1 Å². The summed E-state index contributed by atoms with van der Waals surface area (Å²) in [6.45, 7) is 3.92. The fourth-order valence-electron chi connectivity index (χ4n) is 1.45. The predicted octanol–water partition coefficient (Wildman–Crippen LogP) is 2.47. The van der Waals surface area contributed by atoms with Crippen LogP contribution in [-0.2, 0) is 12.8 Å². The van der Waals surface area contributed by atoms with E-state index >= 15 is 0 Å². The van der Waals surface area contributed by atoms with Gasteiger partial charge in [0, 0.05) is 6.42 Å². The van der Waals surface area contributed by atoms with Crippen LogP contribution in [0.1, 0.15) is 22.8 Å². The zero-order valence-electron chi connectivity index (χ0n) is 9.03. The molecule has 3 nitrogen and oxygen atoms in total. The molecule has 0 spiro atoms. The molecule has 0 saturated heterocycles. The monoisotopic (exact) mass is 202 g/mol. The van der Waals surface area contributed by atoms with Gasteiger partial charge in [-0.15, -0.1) is 0 Å². The molecule has 2 aromatic rings. The number of benzene rings is 1. The molecule has 0 amide bonds. The minimum atomic E-state index is 0.703. The van der Waals surface area contributed by atoms with Crippen LogP contribution in [-0.4, -0.2) is 10.1 Å². The van der Waals surface area contributed by atoms with Crippen LogP contribution in [0.5, 0.6) is 0 Å². The van der Waals surface area contributed by atoms with Gasteiger partial charge in [0.25, 0.3) is 0 Å². The minimum absolute atomic E-state index is 0.703. The number of hydrogen-bond donors (Lipinski definition) is 0. The van der Waals surface area contributed by atoms with Crippen molar-refractivity contribution in [2.24, 2.45) is 0 Å². The van der Waals surface area contributed by atoms with Gasteiger partial charge in [0.2, 0.25) is 5.89 Å². The summed E-state index contributed by atoms with van der Waals surface area (Å²) in [5, 5.41) is 3.76. The van der Waals surface area contributed by atoms with Crippen LogP contribution >= 0.6 is 0 Å². The molecule has 0 aliphatic heterocycles. The first-order chi connectivity index (χ1) is 7.24. The Morgan fingerprint density at radius 3 is 2.40 bits per heavy atom. The second-order valence-electron chi connectivity index (χ2n) is 3.72. The van der Waals surface area contributed by atoms with E-state index in [1.807, 2.05) is 6.92 Å². The topological polar surface area (TPSA) is 38.9 Å². The summed E-state index contributed by atoms with van der Waals surface area (Å²) < 4.78 is 5.05. The van der Waals surface area contributed by atoms with Crippen LogP contribution in [0.3, 0.4) is 0 Å². The van der Waals surface area contributed by atoms with E-state index in [0.717, 1.165) is 12.8 Å². The van der Waals surface area contributed by atoms with E-state index < -0.39 is 0 Å². The number of aromatic nitrogens is 2. The molecule has 0 fully saturated rings. The zero-order valence-corrected chi connectivity index (χ0v) is 9.03. The molecule has 3 heteroatoms. The van der Waals surface area contributed by atoms with Crippen molar-refractivity contribution >= 4 is 0 Å². The average molecular weight is 202 g/mol. The summed E-state index contributed by atoms with van der Waals surface area (Å²) in [7, 11) is 0. The normalized spacial score (nSPS) is 10.5. The van der Waals surface area contributed by atoms with Crippen molar-refractivity contribution in [2.45, 2.75) is 26.7 Å². The van der Waals surface area contributed by atoms with Gasteiger partial charge < -0.3 is 4.52 Å². The number of aryl methyl sites for hydroxylation is 4. The van der Waals surface area contributed by atoms with Gasteiger partial charge in [0.1, 0.15) is 0 Å². The third kappa shape index (κ3) is 2.65. The Bertz CT molecular complexity index is 431. The largest absolute Gasteiger partial charge is 0.339 e. The Kier molecular flexibility index (Phi) is 2.81. The maximum atomic E-state index is 5.05. The molecular weight excluding hydrogens is 188 g/mol. The summed E-state index contributed by atoms with van der Waals surface area (Å²) in [6.07, 6.45) is 1.76. The van der Waals surface area contributed by atoms with E-state index in [1.165, 1.54) is 11.1 Å². The highest BCUT2D eigenvalue weighted by molar-refractivity contribution is 5.21. The highest BCUT2D eigenvalue weighted by Crippen LogP contribution is 2.07. The van der Waals surface area contributed by atoms with E-state index in [4.69, 9.17) is 4.52 Å². The van der Waals surface area contributed by atoms with Crippen LogP contribution in [0.15, 0.2) is 28.8 Å². The highest BCUT2D eigenvalue weighted by atomic mass is 16.5. The van der Waals surface area contributed by atoms with Gasteiger partial charge in [-0.3, -0.25) is 0 Å². The zero-order chi connectivity index (χ0) is 10.7. The first-order valence-corrected chi connectivity index (χ1v) is 5.09. The van der Waals surface area contributed by atoms with Gasteiger partial charge in [-0.1, -0.05) is 35.0 Å². The molecule has 15 heavy (non-hydrogen) atoms. The lowest BCUT2D eigenvalue weighted by Crippen LogP contribution is -1.91. The van der Waals surface area contributed by atoms with Crippen molar-refractivity contribution in [3.05, 3.63) is 47.1 Å². The SMILES string of the molecule is Cc1ccc(CCc2nc(C)no2)cc1. The number of rotatable bonds is 3. The van der Waals surface area contributed by atoms with Gasteiger partial charge in [-0.2, -0.15) is 4.98 Å². The molecule has 78 valence electrons. The standard InChI is InChI=1S/C12H14N2O/c1-9-3-5-11(6-4-9)7-8-12-13-10(2)14-15-12/h3-6H,7-8H2,1-2H3. The third-order valence-corrected chi connectivity index (χ3v) is 2.32. The Balaban J connectivity index is 1.96. The molecule has 0 aliphatic carbocycles. The molecule has 1 aromatic heterocycles. The first-order valence-electron chi connectivity index (χ1n) is 5.09. The van der Waals surface area contributed by atoms with Crippen molar-refractivity contribution in [3.63, 3.8) is 0 Å². The van der Waals surface area contributed by atoms with Gasteiger partial charge in [0.15, 0.2) is 5.82 Å². The molecule has 0 radical (unpaired) electrons. The fraction of sp³-hybridized carbons (Fsp3) is 0.333. The van der Waals surface area contributed by atoms with Crippen molar-refractivity contribution in [1.82, 2.24) is 10.1 Å².